The predicted octanol–water partition coefficient (Wildman–Crippen LogP) is 25.6. The molecule has 2 aliphatic heterocycles. The summed E-state index contributed by atoms with van der Waals surface area (Å²) >= 11 is 0. The van der Waals surface area contributed by atoms with Crippen LogP contribution in [0.3, 0.4) is 0 Å². The van der Waals surface area contributed by atoms with E-state index in [-0.39, 0.29) is 6.71 Å². The Morgan fingerprint density at radius 1 is 0.204 bits per heavy atom. The Bertz CT molecular complexity index is 6060. The minimum Gasteiger partial charge on any atom is -0.310 e. The van der Waals surface area contributed by atoms with E-state index < -0.39 is 0 Å². The third-order valence-corrected chi connectivity index (χ3v) is 22.5. The number of nitrogens with zero attached hydrogens (tertiary/aromatic N) is 4. The van der Waals surface area contributed by atoms with Gasteiger partial charge in [0.2, 0.25) is 0 Å². The van der Waals surface area contributed by atoms with E-state index in [1.54, 1.807) is 0 Å². The smallest absolute Gasteiger partial charge is 0.252 e. The van der Waals surface area contributed by atoms with E-state index in [1.807, 2.05) is 0 Å². The molecular formula is C103H69BN4. The van der Waals surface area contributed by atoms with Crippen LogP contribution in [-0.4, -0.2) is 15.8 Å². The molecule has 0 fully saturated rings. The summed E-state index contributed by atoms with van der Waals surface area (Å²) in [6.07, 6.45) is 0. The van der Waals surface area contributed by atoms with Crippen molar-refractivity contribution in [3.05, 3.63) is 406 Å². The van der Waals surface area contributed by atoms with E-state index >= 15 is 0 Å². The van der Waals surface area contributed by atoms with Crippen LogP contribution in [-0.2, 0) is 0 Å². The first-order chi connectivity index (χ1) is 53.5. The zero-order valence-corrected chi connectivity index (χ0v) is 59.5. The molecule has 2 aliphatic rings. The number of aryl methyl sites for hydroxylation is 1. The zero-order chi connectivity index (χ0) is 71.3. The Kier molecular flexibility index (Phi) is 14.9. The number of hydrogen-bond donors (Lipinski definition) is 0. The molecule has 4 heterocycles. The second-order valence-corrected chi connectivity index (χ2v) is 28.7. The molecule has 0 N–H and O–H groups in total. The number of fused-ring (bicyclic) bond motifs is 10. The number of benzene rings is 17. The SMILES string of the molecule is Cc1cc2c3c(c1)N(c1c(-c4cccc(-c5ccccc5)c4)cccc1-c1cccc(-c4ccccc4)c1)c1cc(-n4c5ccccc5c5ccccc54)ccc1B3c1ccc(-n3c4ccccc4c4ccccc43)cc1N2c1c(-c2cccc(-c3ccccc3)c2)cccc1-c1cccc(-c2ccccc2)c1. The van der Waals surface area contributed by atoms with Gasteiger partial charge in [-0.25, -0.2) is 0 Å². The Balaban J connectivity index is 0.904. The highest BCUT2D eigenvalue weighted by molar-refractivity contribution is 7.00. The normalized spacial score (nSPS) is 12.2. The monoisotopic (exact) mass is 1370 g/mol. The highest BCUT2D eigenvalue weighted by Gasteiger charge is 2.46. The van der Waals surface area contributed by atoms with Crippen molar-refractivity contribution in [3.8, 4) is 100 Å². The van der Waals surface area contributed by atoms with Gasteiger partial charge in [-0.05, 0) is 181 Å². The molecule has 5 heteroatoms. The van der Waals surface area contributed by atoms with Crippen molar-refractivity contribution < 1.29 is 0 Å². The summed E-state index contributed by atoms with van der Waals surface area (Å²) in [4.78, 5) is 5.39. The lowest BCUT2D eigenvalue weighted by Crippen LogP contribution is -2.61. The first-order valence-electron chi connectivity index (χ1n) is 37.4. The fraction of sp³-hybridized carbons (Fsp3) is 0.00971. The van der Waals surface area contributed by atoms with E-state index in [9.17, 15) is 0 Å². The summed E-state index contributed by atoms with van der Waals surface area (Å²) in [5.74, 6) is 0. The van der Waals surface area contributed by atoms with Gasteiger partial charge in [-0.2, -0.15) is 0 Å². The van der Waals surface area contributed by atoms with E-state index in [4.69, 9.17) is 0 Å². The fourth-order valence-electron chi connectivity index (χ4n) is 17.8. The van der Waals surface area contributed by atoms with E-state index in [0.717, 1.165) is 140 Å². The van der Waals surface area contributed by atoms with Gasteiger partial charge in [0.25, 0.3) is 6.71 Å². The quantitative estimate of drug-likeness (QED) is 0.113. The highest BCUT2D eigenvalue weighted by Crippen LogP contribution is 2.55. The molecular weight excluding hydrogens is 1300 g/mol. The molecule has 19 aromatic rings. The lowest BCUT2D eigenvalue weighted by molar-refractivity contribution is 1.16. The number of rotatable bonds is 12. The molecule has 0 bridgehead atoms. The van der Waals surface area contributed by atoms with Gasteiger partial charge in [-0.1, -0.05) is 315 Å². The van der Waals surface area contributed by atoms with Crippen LogP contribution < -0.4 is 26.2 Å². The molecule has 0 saturated heterocycles. The molecule has 0 amide bonds. The summed E-state index contributed by atoms with van der Waals surface area (Å²) in [5.41, 5.74) is 36.4. The molecule has 504 valence electrons. The van der Waals surface area contributed by atoms with Crippen molar-refractivity contribution in [2.45, 2.75) is 6.92 Å². The van der Waals surface area contributed by atoms with Crippen LogP contribution in [0.2, 0.25) is 0 Å². The van der Waals surface area contributed by atoms with Gasteiger partial charge in [0, 0.05) is 77.9 Å². The van der Waals surface area contributed by atoms with Crippen LogP contribution in [0.1, 0.15) is 5.56 Å². The molecule has 0 aliphatic carbocycles. The summed E-state index contributed by atoms with van der Waals surface area (Å²) in [6.45, 7) is 2.05. The summed E-state index contributed by atoms with van der Waals surface area (Å²) < 4.78 is 4.98. The minimum atomic E-state index is -0.260. The fourth-order valence-corrected chi connectivity index (χ4v) is 17.8. The minimum absolute atomic E-state index is 0.260. The zero-order valence-electron chi connectivity index (χ0n) is 59.5. The Labute approximate surface area is 628 Å². The first kappa shape index (κ1) is 62.6. The van der Waals surface area contributed by atoms with E-state index in [2.05, 4.69) is 426 Å². The molecule has 0 atom stereocenters. The lowest BCUT2D eigenvalue weighted by atomic mass is 9.33. The number of hydrogen-bond acceptors (Lipinski definition) is 2. The molecule has 17 aromatic carbocycles. The molecule has 0 radical (unpaired) electrons. The topological polar surface area (TPSA) is 16.3 Å². The maximum atomic E-state index is 2.69. The second kappa shape index (κ2) is 25.7. The van der Waals surface area contributed by atoms with Gasteiger partial charge in [-0.15, -0.1) is 0 Å². The van der Waals surface area contributed by atoms with Crippen molar-refractivity contribution >= 4 is 101 Å². The molecule has 0 spiro atoms. The predicted molar refractivity (Wildman–Crippen MR) is 457 cm³/mol. The molecule has 21 rings (SSSR count). The Hall–Kier alpha value is -14.0. The van der Waals surface area contributed by atoms with Gasteiger partial charge < -0.3 is 18.9 Å². The average Bonchev–Trinajstić information content (AvgIpc) is 0.746. The molecule has 0 unspecified atom stereocenters. The number of aromatic nitrogens is 2. The van der Waals surface area contributed by atoms with Crippen molar-refractivity contribution in [2.24, 2.45) is 0 Å². The summed E-state index contributed by atoms with van der Waals surface area (Å²) in [6, 6.07) is 150. The third-order valence-electron chi connectivity index (χ3n) is 22.5. The third kappa shape index (κ3) is 10.3. The molecule has 108 heavy (non-hydrogen) atoms. The van der Waals surface area contributed by atoms with Crippen molar-refractivity contribution in [3.63, 3.8) is 0 Å². The van der Waals surface area contributed by atoms with Crippen LogP contribution in [0.5, 0.6) is 0 Å². The maximum Gasteiger partial charge on any atom is 0.252 e. The van der Waals surface area contributed by atoms with Crippen LogP contribution in [0.15, 0.2) is 400 Å². The highest BCUT2D eigenvalue weighted by atomic mass is 15.2. The van der Waals surface area contributed by atoms with Crippen molar-refractivity contribution in [2.75, 3.05) is 9.80 Å². The molecule has 4 nitrogen and oxygen atoms in total. The summed E-state index contributed by atoms with van der Waals surface area (Å²) in [5, 5.41) is 4.87. The van der Waals surface area contributed by atoms with Gasteiger partial charge in [0.15, 0.2) is 0 Å². The van der Waals surface area contributed by atoms with Gasteiger partial charge >= 0.3 is 0 Å². The largest absolute Gasteiger partial charge is 0.310 e. The first-order valence-corrected chi connectivity index (χ1v) is 37.4. The van der Waals surface area contributed by atoms with Crippen LogP contribution in [0.4, 0.5) is 34.1 Å². The van der Waals surface area contributed by atoms with E-state index in [0.29, 0.717) is 0 Å². The van der Waals surface area contributed by atoms with Gasteiger partial charge in [0.05, 0.1) is 33.4 Å². The van der Waals surface area contributed by atoms with Crippen molar-refractivity contribution in [1.82, 2.24) is 9.13 Å². The number of anilines is 6. The Morgan fingerprint density at radius 2 is 0.463 bits per heavy atom. The van der Waals surface area contributed by atoms with Gasteiger partial charge in [-0.3, -0.25) is 0 Å². The van der Waals surface area contributed by atoms with Gasteiger partial charge in [0.1, 0.15) is 0 Å². The Morgan fingerprint density at radius 3 is 0.769 bits per heavy atom. The molecule has 0 saturated carbocycles. The lowest BCUT2D eigenvalue weighted by Gasteiger charge is -2.46. The van der Waals surface area contributed by atoms with Crippen LogP contribution >= 0.6 is 0 Å². The maximum absolute atomic E-state index is 2.69. The second-order valence-electron chi connectivity index (χ2n) is 28.7. The van der Waals surface area contributed by atoms with Crippen LogP contribution in [0.25, 0.3) is 144 Å². The van der Waals surface area contributed by atoms with E-state index in [1.165, 1.54) is 60.2 Å². The number of para-hydroxylation sites is 6. The van der Waals surface area contributed by atoms with Crippen molar-refractivity contribution in [1.29, 1.82) is 0 Å². The molecule has 2 aromatic heterocycles. The summed E-state index contributed by atoms with van der Waals surface area (Å²) in [7, 11) is 0. The average molecular weight is 1370 g/mol. The standard InChI is InChI=1S/C103H69BN4/c1-68-60-99-101-100(61-68)108(103-85(79-42-24-38-75(64-79)71-32-10-4-11-33-71)50-27-51-86(103)80-43-25-39-76(65-80)72-34-12-5-13-35-72)98-67-82(106-95-54-20-16-46-89(95)90-47-17-21-55-96(90)106)57-59-92(98)104(101)91-58-56-81(105-93-52-18-14-44-87(93)88-45-15-19-53-94(88)105)66-97(91)107(99)102-83(77-40-22-36-73(62-77)69-28-6-2-7-29-69)48-26-49-84(102)78-41-23-37-74(63-78)70-30-8-3-9-31-70/h2-67H,1H3. The van der Waals surface area contributed by atoms with Crippen LogP contribution in [0, 0.1) is 6.92 Å².